The van der Waals surface area contributed by atoms with Gasteiger partial charge in [0, 0.05) is 35.5 Å². The van der Waals surface area contributed by atoms with E-state index in [0.29, 0.717) is 36.0 Å². The van der Waals surface area contributed by atoms with Crippen LogP contribution in [0.3, 0.4) is 0 Å². The predicted octanol–water partition coefficient (Wildman–Crippen LogP) is 3.08. The van der Waals surface area contributed by atoms with E-state index in [-0.39, 0.29) is 12.0 Å². The lowest BCUT2D eigenvalue weighted by Crippen LogP contribution is -2.56. The number of fused-ring (bicyclic) bond motifs is 2. The first-order valence-electron chi connectivity index (χ1n) is 9.46. The number of halogens is 1. The monoisotopic (exact) mass is 400 g/mol. The van der Waals surface area contributed by atoms with Crippen molar-refractivity contribution in [2.75, 3.05) is 19.6 Å². The molecule has 2 aromatic rings. The molecule has 0 amide bonds. The van der Waals surface area contributed by atoms with Gasteiger partial charge in [0.05, 0.1) is 5.56 Å². The van der Waals surface area contributed by atoms with Crippen LogP contribution in [-0.2, 0) is 4.79 Å². The SMILES string of the molecule is CC[C@H](C(=O)[OH2+])C1CN(C2=Nc3ccccc3Oc3ccc(Cl)cc32)CCN1. The molecular formula is C21H23ClN3O3+. The molecule has 7 heteroatoms. The molecule has 0 bridgehead atoms. The summed E-state index contributed by atoms with van der Waals surface area (Å²) in [5.41, 5.74) is 1.58. The summed E-state index contributed by atoms with van der Waals surface area (Å²) in [7, 11) is 0. The largest absolute Gasteiger partial charge is 0.564 e. The summed E-state index contributed by atoms with van der Waals surface area (Å²) in [5, 5.41) is 11.6. The summed E-state index contributed by atoms with van der Waals surface area (Å²) in [4.78, 5) is 18.8. The van der Waals surface area contributed by atoms with Crippen LogP contribution in [0.25, 0.3) is 0 Å². The van der Waals surface area contributed by atoms with Crippen molar-refractivity contribution in [3.8, 4) is 11.5 Å². The van der Waals surface area contributed by atoms with E-state index < -0.39 is 5.97 Å². The van der Waals surface area contributed by atoms with Crippen molar-refractivity contribution < 1.29 is 14.6 Å². The Morgan fingerprint density at radius 2 is 2.18 bits per heavy atom. The predicted molar refractivity (Wildman–Crippen MR) is 110 cm³/mol. The molecule has 2 aliphatic heterocycles. The number of ether oxygens (including phenoxy) is 1. The van der Waals surface area contributed by atoms with Gasteiger partial charge in [0.25, 0.3) is 0 Å². The highest BCUT2D eigenvalue weighted by molar-refractivity contribution is 6.31. The van der Waals surface area contributed by atoms with Crippen molar-refractivity contribution in [1.29, 1.82) is 0 Å². The zero-order chi connectivity index (χ0) is 19.7. The molecule has 1 unspecified atom stereocenters. The van der Waals surface area contributed by atoms with E-state index in [1.54, 1.807) is 6.07 Å². The molecular weight excluding hydrogens is 378 g/mol. The van der Waals surface area contributed by atoms with E-state index in [1.807, 2.05) is 43.3 Å². The van der Waals surface area contributed by atoms with Gasteiger partial charge in [-0.15, -0.1) is 0 Å². The average Bonchev–Trinajstić information content (AvgIpc) is 2.85. The van der Waals surface area contributed by atoms with Crippen LogP contribution in [0.4, 0.5) is 5.69 Å². The summed E-state index contributed by atoms with van der Waals surface area (Å²) in [5.74, 6) is 1.31. The van der Waals surface area contributed by atoms with Gasteiger partial charge >= 0.3 is 5.97 Å². The average molecular weight is 401 g/mol. The Hall–Kier alpha value is -2.57. The van der Waals surface area contributed by atoms with Crippen molar-refractivity contribution in [2.24, 2.45) is 10.9 Å². The van der Waals surface area contributed by atoms with Gasteiger partial charge in [-0.05, 0) is 36.8 Å². The Morgan fingerprint density at radius 1 is 1.36 bits per heavy atom. The van der Waals surface area contributed by atoms with Crippen LogP contribution in [0.1, 0.15) is 18.9 Å². The van der Waals surface area contributed by atoms with Crippen LogP contribution in [0, 0.1) is 5.92 Å². The number of carbonyl (C=O) groups is 1. The lowest BCUT2D eigenvalue weighted by atomic mass is 9.94. The zero-order valence-corrected chi connectivity index (χ0v) is 16.4. The number of amidine groups is 1. The topological polar surface area (TPSA) is 76.8 Å². The molecule has 4 rings (SSSR count). The van der Waals surface area contributed by atoms with Crippen LogP contribution in [0.5, 0.6) is 11.5 Å². The number of hydrogen-bond acceptors (Lipinski definition) is 5. The molecule has 1 fully saturated rings. The third kappa shape index (κ3) is 3.57. The first-order valence-corrected chi connectivity index (χ1v) is 9.84. The lowest BCUT2D eigenvalue weighted by molar-refractivity contribution is -0.143. The lowest BCUT2D eigenvalue weighted by Gasteiger charge is -2.37. The second kappa shape index (κ2) is 7.81. The third-order valence-corrected chi connectivity index (χ3v) is 5.50. The minimum atomic E-state index is -0.526. The van der Waals surface area contributed by atoms with Gasteiger partial charge in [0.2, 0.25) is 0 Å². The van der Waals surface area contributed by atoms with Crippen molar-refractivity contribution in [3.63, 3.8) is 0 Å². The fraction of sp³-hybridized carbons (Fsp3) is 0.333. The quantitative estimate of drug-likeness (QED) is 0.803. The number of nitrogens with one attached hydrogen (secondary N) is 1. The summed E-state index contributed by atoms with van der Waals surface area (Å²) >= 11 is 6.28. The summed E-state index contributed by atoms with van der Waals surface area (Å²) in [6.07, 6.45) is 0.634. The molecule has 6 nitrogen and oxygen atoms in total. The molecule has 0 saturated carbocycles. The molecule has 2 heterocycles. The molecule has 1 saturated heterocycles. The van der Waals surface area contributed by atoms with E-state index in [2.05, 4.69) is 10.2 Å². The van der Waals surface area contributed by atoms with E-state index >= 15 is 0 Å². The second-order valence-electron chi connectivity index (χ2n) is 7.03. The Balaban J connectivity index is 1.75. The van der Waals surface area contributed by atoms with E-state index in [9.17, 15) is 4.79 Å². The van der Waals surface area contributed by atoms with Crippen LogP contribution in [0.2, 0.25) is 5.02 Å². The highest BCUT2D eigenvalue weighted by Crippen LogP contribution is 2.39. The molecule has 28 heavy (non-hydrogen) atoms. The number of nitrogens with zero attached hydrogens (tertiary/aromatic N) is 2. The summed E-state index contributed by atoms with van der Waals surface area (Å²) < 4.78 is 6.11. The minimum absolute atomic E-state index is 0.0894. The fourth-order valence-corrected chi connectivity index (χ4v) is 4.00. The van der Waals surface area contributed by atoms with Gasteiger partial charge in [0.15, 0.2) is 5.75 Å². The molecule has 146 valence electrons. The molecule has 2 atom stereocenters. The van der Waals surface area contributed by atoms with Crippen molar-refractivity contribution >= 4 is 29.1 Å². The van der Waals surface area contributed by atoms with E-state index in [4.69, 9.17) is 26.4 Å². The number of piperazine rings is 1. The minimum Gasteiger partial charge on any atom is -0.564 e. The van der Waals surface area contributed by atoms with Gasteiger partial charge in [-0.3, -0.25) is 0 Å². The first-order chi connectivity index (χ1) is 13.6. The number of benzene rings is 2. The fourth-order valence-electron chi connectivity index (χ4n) is 3.83. The van der Waals surface area contributed by atoms with Crippen molar-refractivity contribution in [2.45, 2.75) is 19.4 Å². The Morgan fingerprint density at radius 3 is 2.96 bits per heavy atom. The van der Waals surface area contributed by atoms with Crippen molar-refractivity contribution in [3.05, 3.63) is 53.1 Å². The standard InChI is InChI=1S/C21H22ClN3O3/c1-2-14(21(26)27)17-12-25(10-9-23-17)20-15-11-13(22)7-8-18(15)28-19-6-4-3-5-16(19)24-20/h3-8,11,14,17,23H,2,9-10,12H2,1H3,(H,26,27)/p+1/t14-,17?/m0/s1. The smallest absolute Gasteiger partial charge is 0.520 e. The summed E-state index contributed by atoms with van der Waals surface area (Å²) in [6.45, 7) is 3.99. The maximum atomic E-state index is 11.8. The highest BCUT2D eigenvalue weighted by Gasteiger charge is 2.36. The third-order valence-electron chi connectivity index (χ3n) is 5.26. The number of aliphatic imine (C=N–C) groups is 1. The maximum absolute atomic E-state index is 11.8. The van der Waals surface area contributed by atoms with E-state index in [0.717, 1.165) is 23.6 Å². The number of rotatable bonds is 3. The molecule has 2 aliphatic rings. The Labute approximate surface area is 168 Å². The van der Waals surface area contributed by atoms with Crippen molar-refractivity contribution in [1.82, 2.24) is 10.2 Å². The van der Waals surface area contributed by atoms with Gasteiger partial charge in [0.1, 0.15) is 23.2 Å². The highest BCUT2D eigenvalue weighted by atomic mass is 35.5. The number of para-hydroxylation sites is 2. The molecule has 0 aliphatic carbocycles. The molecule has 2 aromatic carbocycles. The molecule has 0 spiro atoms. The number of hydrogen-bond donors (Lipinski definition) is 1. The van der Waals surface area contributed by atoms with Crippen LogP contribution in [0.15, 0.2) is 47.5 Å². The van der Waals surface area contributed by atoms with Gasteiger partial charge in [-0.1, -0.05) is 30.7 Å². The van der Waals surface area contributed by atoms with Gasteiger partial charge in [-0.2, -0.15) is 0 Å². The Kier molecular flexibility index (Phi) is 5.24. The van der Waals surface area contributed by atoms with Crippen LogP contribution >= 0.6 is 11.6 Å². The van der Waals surface area contributed by atoms with Gasteiger partial charge in [-0.25, -0.2) is 4.99 Å². The zero-order valence-electron chi connectivity index (χ0n) is 15.6. The molecule has 0 radical (unpaired) electrons. The van der Waals surface area contributed by atoms with E-state index in [1.165, 1.54) is 0 Å². The summed E-state index contributed by atoms with van der Waals surface area (Å²) in [6, 6.07) is 13.1. The normalized spacial score (nSPS) is 19.6. The maximum Gasteiger partial charge on any atom is 0.520 e. The second-order valence-corrected chi connectivity index (χ2v) is 7.47. The van der Waals surface area contributed by atoms with Crippen LogP contribution < -0.4 is 10.1 Å². The Bertz CT molecular complexity index is 931. The number of carbonyl (C=O) groups excluding carboxylic acids is 1. The molecule has 3 N–H and O–H groups in total. The first kappa shape index (κ1) is 18.8. The van der Waals surface area contributed by atoms with Crippen LogP contribution in [-0.4, -0.2) is 47.5 Å². The van der Waals surface area contributed by atoms with Gasteiger partial charge < -0.3 is 20.1 Å². The molecule has 0 aromatic heterocycles.